The lowest BCUT2D eigenvalue weighted by Gasteiger charge is -2.46. The van der Waals surface area contributed by atoms with E-state index in [-0.39, 0.29) is 6.61 Å². The SMILES string of the molecule is COC1OC(COC(c2ccccc2)(c2ccccc2)c2ccccc2)C(OCc2ccccc2)C(OCc2ccccc2)C1OCc1ccccc1. The molecule has 0 N–H and O–H groups in total. The zero-order valence-electron chi connectivity index (χ0n) is 30.0. The first-order chi connectivity index (χ1) is 26.2. The van der Waals surface area contributed by atoms with Gasteiger partial charge in [0.15, 0.2) is 6.29 Å². The molecule has 5 unspecified atom stereocenters. The summed E-state index contributed by atoms with van der Waals surface area (Å²) in [5.41, 5.74) is 5.16. The predicted octanol–water partition coefficient (Wildman–Crippen LogP) is 9.12. The summed E-state index contributed by atoms with van der Waals surface area (Å²) in [7, 11) is 1.64. The van der Waals surface area contributed by atoms with Gasteiger partial charge in [-0.25, -0.2) is 0 Å². The van der Waals surface area contributed by atoms with Gasteiger partial charge in [0.25, 0.3) is 0 Å². The zero-order chi connectivity index (χ0) is 36.1. The van der Waals surface area contributed by atoms with E-state index in [1.54, 1.807) is 7.11 Å². The number of benzene rings is 6. The van der Waals surface area contributed by atoms with Gasteiger partial charge in [-0.1, -0.05) is 182 Å². The van der Waals surface area contributed by atoms with E-state index in [9.17, 15) is 0 Å². The lowest BCUT2D eigenvalue weighted by atomic mass is 9.80. The van der Waals surface area contributed by atoms with Crippen LogP contribution >= 0.6 is 0 Å². The van der Waals surface area contributed by atoms with Gasteiger partial charge in [-0.3, -0.25) is 0 Å². The Morgan fingerprint density at radius 3 is 1.15 bits per heavy atom. The van der Waals surface area contributed by atoms with Gasteiger partial charge in [0.2, 0.25) is 0 Å². The fourth-order valence-corrected chi connectivity index (χ4v) is 7.05. The van der Waals surface area contributed by atoms with Gasteiger partial charge in [0.05, 0.1) is 26.4 Å². The van der Waals surface area contributed by atoms with Gasteiger partial charge >= 0.3 is 0 Å². The highest BCUT2D eigenvalue weighted by Crippen LogP contribution is 2.42. The number of methoxy groups -OCH3 is 1. The van der Waals surface area contributed by atoms with E-state index in [1.807, 2.05) is 121 Å². The lowest BCUT2D eigenvalue weighted by molar-refractivity contribution is -0.325. The Labute approximate surface area is 312 Å². The Kier molecular flexibility index (Phi) is 12.5. The molecule has 5 atom stereocenters. The third kappa shape index (κ3) is 8.83. The van der Waals surface area contributed by atoms with E-state index in [4.69, 9.17) is 28.4 Å². The molecular weight excluding hydrogens is 661 g/mol. The van der Waals surface area contributed by atoms with Crippen LogP contribution in [0.4, 0.5) is 0 Å². The first-order valence-electron chi connectivity index (χ1n) is 18.2. The van der Waals surface area contributed by atoms with Crippen LogP contribution in [0.2, 0.25) is 0 Å². The molecule has 270 valence electrons. The Hall–Kier alpha value is -4.92. The van der Waals surface area contributed by atoms with Crippen molar-refractivity contribution in [2.75, 3.05) is 13.7 Å². The minimum absolute atomic E-state index is 0.161. The van der Waals surface area contributed by atoms with E-state index in [1.165, 1.54) is 0 Å². The van der Waals surface area contributed by atoms with Crippen LogP contribution in [0.1, 0.15) is 33.4 Å². The molecule has 53 heavy (non-hydrogen) atoms. The summed E-state index contributed by atoms with van der Waals surface area (Å²) >= 11 is 0. The smallest absolute Gasteiger partial charge is 0.186 e. The molecule has 6 nitrogen and oxygen atoms in total. The van der Waals surface area contributed by atoms with Gasteiger partial charge in [0, 0.05) is 7.11 Å². The largest absolute Gasteiger partial charge is 0.368 e. The van der Waals surface area contributed by atoms with Gasteiger partial charge < -0.3 is 28.4 Å². The molecule has 0 saturated carbocycles. The highest BCUT2D eigenvalue weighted by Gasteiger charge is 2.50. The molecule has 0 aromatic heterocycles. The van der Waals surface area contributed by atoms with Crippen molar-refractivity contribution in [2.45, 2.75) is 56.1 Å². The molecule has 0 aliphatic carbocycles. The quantitative estimate of drug-likeness (QED) is 0.0937. The molecule has 1 aliphatic heterocycles. The summed E-state index contributed by atoms with van der Waals surface area (Å²) in [5.74, 6) is 0. The number of hydrogen-bond acceptors (Lipinski definition) is 6. The zero-order valence-corrected chi connectivity index (χ0v) is 30.0. The Morgan fingerprint density at radius 2 is 0.774 bits per heavy atom. The van der Waals surface area contributed by atoms with E-state index in [2.05, 4.69) is 60.7 Å². The molecule has 1 heterocycles. The minimum atomic E-state index is -0.958. The number of hydrogen-bond donors (Lipinski definition) is 0. The normalized spacial score (nSPS) is 20.2. The van der Waals surface area contributed by atoms with E-state index >= 15 is 0 Å². The molecule has 6 aromatic rings. The summed E-state index contributed by atoms with van der Waals surface area (Å²) in [6, 6.07) is 61.4. The first kappa shape index (κ1) is 36.4. The van der Waals surface area contributed by atoms with Crippen molar-refractivity contribution in [2.24, 2.45) is 0 Å². The van der Waals surface area contributed by atoms with E-state index < -0.39 is 36.3 Å². The minimum Gasteiger partial charge on any atom is -0.368 e. The molecule has 1 saturated heterocycles. The summed E-state index contributed by atoms with van der Waals surface area (Å²) in [4.78, 5) is 0. The summed E-state index contributed by atoms with van der Waals surface area (Å²) < 4.78 is 40.6. The third-order valence-electron chi connectivity index (χ3n) is 9.68. The molecule has 6 heteroatoms. The van der Waals surface area contributed by atoms with Crippen molar-refractivity contribution < 1.29 is 28.4 Å². The summed E-state index contributed by atoms with van der Waals surface area (Å²) in [5, 5.41) is 0. The molecule has 0 bridgehead atoms. The average Bonchev–Trinajstić information content (AvgIpc) is 3.24. The van der Waals surface area contributed by atoms with Crippen molar-refractivity contribution in [3.8, 4) is 0 Å². The van der Waals surface area contributed by atoms with Gasteiger partial charge in [0.1, 0.15) is 30.0 Å². The predicted molar refractivity (Wildman–Crippen MR) is 206 cm³/mol. The Bertz CT molecular complexity index is 1810. The average molecular weight is 707 g/mol. The van der Waals surface area contributed by atoms with Crippen molar-refractivity contribution in [1.29, 1.82) is 0 Å². The molecule has 1 aliphatic rings. The molecule has 0 radical (unpaired) electrons. The molecule has 0 spiro atoms. The Balaban J connectivity index is 1.27. The number of rotatable bonds is 16. The molecule has 1 fully saturated rings. The van der Waals surface area contributed by atoms with Gasteiger partial charge in [-0.2, -0.15) is 0 Å². The van der Waals surface area contributed by atoms with Crippen LogP contribution in [0.5, 0.6) is 0 Å². The monoisotopic (exact) mass is 706 g/mol. The second kappa shape index (κ2) is 18.2. The third-order valence-corrected chi connectivity index (χ3v) is 9.68. The Morgan fingerprint density at radius 1 is 0.434 bits per heavy atom. The summed E-state index contributed by atoms with van der Waals surface area (Å²) in [6.07, 6.45) is -3.13. The van der Waals surface area contributed by atoms with Crippen LogP contribution in [0.15, 0.2) is 182 Å². The maximum Gasteiger partial charge on any atom is 0.186 e. The van der Waals surface area contributed by atoms with Crippen molar-refractivity contribution in [3.05, 3.63) is 215 Å². The fraction of sp³-hybridized carbons (Fsp3) is 0.234. The maximum atomic E-state index is 7.32. The second-order valence-electron chi connectivity index (χ2n) is 13.2. The first-order valence-corrected chi connectivity index (χ1v) is 18.2. The second-order valence-corrected chi connectivity index (χ2v) is 13.2. The lowest BCUT2D eigenvalue weighted by Crippen LogP contribution is -2.62. The molecule has 0 amide bonds. The summed E-state index contributed by atoms with van der Waals surface area (Å²) in [6.45, 7) is 1.22. The highest BCUT2D eigenvalue weighted by atomic mass is 16.7. The van der Waals surface area contributed by atoms with Gasteiger partial charge in [-0.15, -0.1) is 0 Å². The molecule has 7 rings (SSSR count). The van der Waals surface area contributed by atoms with Crippen LogP contribution in [0, 0.1) is 0 Å². The van der Waals surface area contributed by atoms with Crippen LogP contribution < -0.4 is 0 Å². The molecule has 6 aromatic carbocycles. The number of ether oxygens (including phenoxy) is 6. The standard InChI is InChI=1S/C47H46O6/c1-48-46-45(51-34-38-24-12-4-13-25-38)44(50-33-37-22-10-3-11-23-37)43(49-32-36-20-8-2-9-21-36)42(53-46)35-52-47(39-26-14-5-15-27-39,40-28-16-6-17-29-40)41-30-18-7-19-31-41/h2-31,42-46H,32-35H2,1H3. The van der Waals surface area contributed by atoms with Crippen LogP contribution in [-0.4, -0.2) is 44.4 Å². The van der Waals surface area contributed by atoms with Crippen molar-refractivity contribution in [1.82, 2.24) is 0 Å². The highest BCUT2D eigenvalue weighted by molar-refractivity contribution is 5.47. The van der Waals surface area contributed by atoms with Crippen molar-refractivity contribution in [3.63, 3.8) is 0 Å². The van der Waals surface area contributed by atoms with E-state index in [0.717, 1.165) is 33.4 Å². The topological polar surface area (TPSA) is 55.4 Å². The van der Waals surface area contributed by atoms with Crippen LogP contribution in [0.3, 0.4) is 0 Å². The van der Waals surface area contributed by atoms with Crippen LogP contribution in [0.25, 0.3) is 0 Å². The molecular formula is C47H46O6. The maximum absolute atomic E-state index is 7.32. The van der Waals surface area contributed by atoms with E-state index in [0.29, 0.717) is 19.8 Å². The van der Waals surface area contributed by atoms with Gasteiger partial charge in [-0.05, 0) is 33.4 Å². The van der Waals surface area contributed by atoms with Crippen LogP contribution in [-0.2, 0) is 53.8 Å². The fourth-order valence-electron chi connectivity index (χ4n) is 7.05. The van der Waals surface area contributed by atoms with Crippen molar-refractivity contribution >= 4 is 0 Å².